The summed E-state index contributed by atoms with van der Waals surface area (Å²) < 4.78 is 5.86. The lowest BCUT2D eigenvalue weighted by Crippen LogP contribution is -2.31. The van der Waals surface area contributed by atoms with Crippen LogP contribution in [0.5, 0.6) is 0 Å². The second kappa shape index (κ2) is 4.77. The molecule has 2 unspecified atom stereocenters. The molecule has 82 valence electrons. The molecule has 1 aliphatic carbocycles. The number of benzene rings is 1. The summed E-state index contributed by atoms with van der Waals surface area (Å²) in [6, 6.07) is 8.60. The maximum absolute atomic E-state index is 5.96. The van der Waals surface area contributed by atoms with Crippen LogP contribution in [0.2, 0.25) is 0 Å². The van der Waals surface area contributed by atoms with Gasteiger partial charge in [0.05, 0.1) is 12.7 Å². The number of nitrogens with two attached hydrogens (primary N) is 1. The van der Waals surface area contributed by atoms with Crippen molar-refractivity contribution < 1.29 is 4.74 Å². The average molecular weight is 205 g/mol. The molecular weight excluding hydrogens is 186 g/mol. The molecular formula is C13H19NO. The van der Waals surface area contributed by atoms with Gasteiger partial charge >= 0.3 is 0 Å². The summed E-state index contributed by atoms with van der Waals surface area (Å²) in [7, 11) is 0. The molecule has 2 atom stereocenters. The van der Waals surface area contributed by atoms with E-state index in [-0.39, 0.29) is 12.1 Å². The van der Waals surface area contributed by atoms with Crippen molar-refractivity contribution in [2.75, 3.05) is 0 Å². The Morgan fingerprint density at radius 1 is 1.33 bits per heavy atom. The molecule has 0 bridgehead atoms. The first-order valence-electron chi connectivity index (χ1n) is 5.69. The molecule has 0 amide bonds. The average Bonchev–Trinajstić information content (AvgIpc) is 2.63. The summed E-state index contributed by atoms with van der Waals surface area (Å²) in [5.41, 5.74) is 8.53. The largest absolute Gasteiger partial charge is 0.372 e. The second-order valence-electron chi connectivity index (χ2n) is 4.37. The van der Waals surface area contributed by atoms with E-state index in [1.807, 2.05) is 0 Å². The van der Waals surface area contributed by atoms with Gasteiger partial charge < -0.3 is 10.5 Å². The zero-order valence-electron chi connectivity index (χ0n) is 9.28. The van der Waals surface area contributed by atoms with E-state index in [2.05, 4.69) is 31.2 Å². The van der Waals surface area contributed by atoms with Gasteiger partial charge in [-0.15, -0.1) is 0 Å². The molecule has 2 rings (SSSR count). The Hall–Kier alpha value is -0.860. The molecule has 1 aromatic rings. The minimum Gasteiger partial charge on any atom is -0.372 e. The predicted octanol–water partition coefficient (Wildman–Crippen LogP) is 2.39. The van der Waals surface area contributed by atoms with E-state index >= 15 is 0 Å². The highest BCUT2D eigenvalue weighted by Crippen LogP contribution is 2.22. The van der Waals surface area contributed by atoms with E-state index in [1.165, 1.54) is 17.5 Å². The molecule has 0 heterocycles. The molecule has 0 saturated heterocycles. The van der Waals surface area contributed by atoms with Crippen LogP contribution in [-0.2, 0) is 11.3 Å². The van der Waals surface area contributed by atoms with Gasteiger partial charge in [0.25, 0.3) is 0 Å². The first-order valence-corrected chi connectivity index (χ1v) is 5.69. The van der Waals surface area contributed by atoms with Gasteiger partial charge in [0.2, 0.25) is 0 Å². The lowest BCUT2D eigenvalue weighted by Gasteiger charge is -2.17. The molecule has 0 aromatic heterocycles. The molecule has 1 saturated carbocycles. The van der Waals surface area contributed by atoms with Crippen molar-refractivity contribution in [3.8, 4) is 0 Å². The fraction of sp³-hybridized carbons (Fsp3) is 0.538. The van der Waals surface area contributed by atoms with Crippen molar-refractivity contribution in [1.82, 2.24) is 0 Å². The third-order valence-electron chi connectivity index (χ3n) is 3.22. The highest BCUT2D eigenvalue weighted by molar-refractivity contribution is 5.24. The SMILES string of the molecule is Cc1ccccc1COC1CCCC1N. The van der Waals surface area contributed by atoms with Gasteiger partial charge in [-0.2, -0.15) is 0 Å². The van der Waals surface area contributed by atoms with Gasteiger partial charge in [-0.05, 0) is 37.3 Å². The zero-order valence-corrected chi connectivity index (χ0v) is 9.28. The Morgan fingerprint density at radius 2 is 2.13 bits per heavy atom. The fourth-order valence-electron chi connectivity index (χ4n) is 2.13. The summed E-state index contributed by atoms with van der Waals surface area (Å²) in [5.74, 6) is 0. The summed E-state index contributed by atoms with van der Waals surface area (Å²) in [6.07, 6.45) is 3.70. The molecule has 2 nitrogen and oxygen atoms in total. The Bertz CT molecular complexity index is 324. The maximum Gasteiger partial charge on any atom is 0.0730 e. The number of hydrogen-bond donors (Lipinski definition) is 1. The normalized spacial score (nSPS) is 25.7. The number of hydrogen-bond acceptors (Lipinski definition) is 2. The van der Waals surface area contributed by atoms with Crippen molar-refractivity contribution in [2.24, 2.45) is 5.73 Å². The van der Waals surface area contributed by atoms with E-state index in [9.17, 15) is 0 Å². The van der Waals surface area contributed by atoms with Gasteiger partial charge in [-0.1, -0.05) is 24.3 Å². The standard InChI is InChI=1S/C13H19NO/c1-10-5-2-3-6-11(10)9-15-13-8-4-7-12(13)14/h2-3,5-6,12-13H,4,7-9,14H2,1H3. The Labute approximate surface area is 91.4 Å². The van der Waals surface area contributed by atoms with Gasteiger partial charge in [0.1, 0.15) is 0 Å². The molecule has 0 spiro atoms. The first kappa shape index (κ1) is 10.7. The summed E-state index contributed by atoms with van der Waals surface area (Å²) in [5, 5.41) is 0. The minimum absolute atomic E-state index is 0.244. The first-order chi connectivity index (χ1) is 7.27. The van der Waals surface area contributed by atoms with E-state index in [4.69, 9.17) is 10.5 Å². The third-order valence-corrected chi connectivity index (χ3v) is 3.22. The van der Waals surface area contributed by atoms with Gasteiger partial charge in [-0.25, -0.2) is 0 Å². The highest BCUT2D eigenvalue weighted by atomic mass is 16.5. The Kier molecular flexibility index (Phi) is 3.39. The summed E-state index contributed by atoms with van der Waals surface area (Å²) in [4.78, 5) is 0. The van der Waals surface area contributed by atoms with Crippen LogP contribution in [0, 0.1) is 6.92 Å². The summed E-state index contributed by atoms with van der Waals surface area (Å²) >= 11 is 0. The van der Waals surface area contributed by atoms with E-state index in [1.54, 1.807) is 0 Å². The van der Waals surface area contributed by atoms with Crippen LogP contribution >= 0.6 is 0 Å². The van der Waals surface area contributed by atoms with Crippen molar-refractivity contribution in [3.05, 3.63) is 35.4 Å². The van der Waals surface area contributed by atoms with E-state index < -0.39 is 0 Å². The highest BCUT2D eigenvalue weighted by Gasteiger charge is 2.24. The van der Waals surface area contributed by atoms with Crippen LogP contribution in [0.15, 0.2) is 24.3 Å². The van der Waals surface area contributed by atoms with Crippen LogP contribution in [0.3, 0.4) is 0 Å². The van der Waals surface area contributed by atoms with Crippen LogP contribution in [0.4, 0.5) is 0 Å². The van der Waals surface area contributed by atoms with Crippen molar-refractivity contribution in [1.29, 1.82) is 0 Å². The topological polar surface area (TPSA) is 35.2 Å². The third kappa shape index (κ3) is 2.58. The van der Waals surface area contributed by atoms with E-state index in [0.717, 1.165) is 12.8 Å². The second-order valence-corrected chi connectivity index (χ2v) is 4.37. The van der Waals surface area contributed by atoms with Gasteiger partial charge in [0, 0.05) is 6.04 Å². The molecule has 15 heavy (non-hydrogen) atoms. The van der Waals surface area contributed by atoms with Crippen molar-refractivity contribution >= 4 is 0 Å². The predicted molar refractivity (Wildman–Crippen MR) is 61.6 cm³/mol. The zero-order chi connectivity index (χ0) is 10.7. The maximum atomic E-state index is 5.96. The van der Waals surface area contributed by atoms with Crippen LogP contribution in [0.25, 0.3) is 0 Å². The Balaban J connectivity index is 1.90. The quantitative estimate of drug-likeness (QED) is 0.822. The van der Waals surface area contributed by atoms with Crippen molar-refractivity contribution in [2.45, 2.75) is 44.9 Å². The van der Waals surface area contributed by atoms with Crippen LogP contribution in [-0.4, -0.2) is 12.1 Å². The Morgan fingerprint density at radius 3 is 2.80 bits per heavy atom. The van der Waals surface area contributed by atoms with Crippen LogP contribution < -0.4 is 5.73 Å². The lowest BCUT2D eigenvalue weighted by molar-refractivity contribution is 0.0355. The molecule has 1 aliphatic rings. The number of aryl methyl sites for hydroxylation is 1. The molecule has 1 aromatic carbocycles. The van der Waals surface area contributed by atoms with Gasteiger partial charge in [0.15, 0.2) is 0 Å². The fourth-order valence-corrected chi connectivity index (χ4v) is 2.13. The molecule has 1 fully saturated rings. The smallest absolute Gasteiger partial charge is 0.0730 e. The van der Waals surface area contributed by atoms with Crippen molar-refractivity contribution in [3.63, 3.8) is 0 Å². The molecule has 2 N–H and O–H groups in total. The van der Waals surface area contributed by atoms with Gasteiger partial charge in [-0.3, -0.25) is 0 Å². The number of rotatable bonds is 3. The lowest BCUT2D eigenvalue weighted by atomic mass is 10.1. The van der Waals surface area contributed by atoms with Crippen LogP contribution in [0.1, 0.15) is 30.4 Å². The molecule has 0 aliphatic heterocycles. The summed E-state index contributed by atoms with van der Waals surface area (Å²) in [6.45, 7) is 2.82. The molecule has 0 radical (unpaired) electrons. The number of ether oxygens (including phenoxy) is 1. The monoisotopic (exact) mass is 205 g/mol. The van der Waals surface area contributed by atoms with E-state index in [0.29, 0.717) is 6.61 Å². The minimum atomic E-state index is 0.244. The molecule has 2 heteroatoms.